The lowest BCUT2D eigenvalue weighted by atomic mass is 10.1. The molecule has 0 bridgehead atoms. The van der Waals surface area contributed by atoms with E-state index in [9.17, 15) is 8.42 Å². The molecule has 2 rings (SSSR count). The number of rotatable bonds is 6. The minimum atomic E-state index is -3.30. The highest BCUT2D eigenvalue weighted by molar-refractivity contribution is 7.92. The molecule has 0 saturated carbocycles. The number of thiophene rings is 1. The predicted octanol–water partition coefficient (Wildman–Crippen LogP) is 4.34. The molecule has 0 spiro atoms. The number of hydrogen-bond donors (Lipinski definition) is 2. The average Bonchev–Trinajstić information content (AvgIpc) is 2.91. The van der Waals surface area contributed by atoms with Crippen molar-refractivity contribution < 1.29 is 8.42 Å². The largest absolute Gasteiger partial charge is 0.376 e. The van der Waals surface area contributed by atoms with Crippen LogP contribution in [0.3, 0.4) is 0 Å². The second-order valence-corrected chi connectivity index (χ2v) is 7.82. The molecule has 114 valence electrons. The fourth-order valence-corrected chi connectivity index (χ4v) is 3.55. The molecule has 4 nitrogen and oxygen atoms in total. The van der Waals surface area contributed by atoms with E-state index in [4.69, 9.17) is 11.6 Å². The Hall–Kier alpha value is -1.24. The van der Waals surface area contributed by atoms with Crippen molar-refractivity contribution in [2.75, 3.05) is 16.3 Å². The molecule has 0 aliphatic heterocycles. The third kappa shape index (κ3) is 4.62. The number of nitrogens with one attached hydrogen (secondary N) is 2. The molecule has 7 heteroatoms. The van der Waals surface area contributed by atoms with Gasteiger partial charge in [0.25, 0.3) is 0 Å². The zero-order valence-corrected chi connectivity index (χ0v) is 14.1. The van der Waals surface area contributed by atoms with Crippen LogP contribution in [0.5, 0.6) is 0 Å². The molecule has 1 aromatic carbocycles. The van der Waals surface area contributed by atoms with Crippen molar-refractivity contribution in [2.45, 2.75) is 19.4 Å². The lowest BCUT2D eigenvalue weighted by Crippen LogP contribution is -2.11. The van der Waals surface area contributed by atoms with Crippen LogP contribution in [0.4, 0.5) is 11.4 Å². The summed E-state index contributed by atoms with van der Waals surface area (Å²) in [5, 5.41) is 5.96. The molecule has 0 aliphatic rings. The number of benzene rings is 1. The Kier molecular flexibility index (Phi) is 5.13. The first kappa shape index (κ1) is 16.1. The van der Waals surface area contributed by atoms with Crippen LogP contribution in [-0.4, -0.2) is 14.7 Å². The molecule has 0 radical (unpaired) electrons. The number of halogens is 1. The Labute approximate surface area is 134 Å². The minimum Gasteiger partial charge on any atom is -0.376 e. The Bertz CT molecular complexity index is 700. The lowest BCUT2D eigenvalue weighted by Gasteiger charge is -2.18. The van der Waals surface area contributed by atoms with E-state index in [1.54, 1.807) is 29.5 Å². The van der Waals surface area contributed by atoms with Gasteiger partial charge in [-0.2, -0.15) is 0 Å². The molecule has 1 unspecified atom stereocenters. The van der Waals surface area contributed by atoms with Gasteiger partial charge in [0.1, 0.15) is 0 Å². The van der Waals surface area contributed by atoms with Crippen molar-refractivity contribution in [3.8, 4) is 0 Å². The molecule has 0 saturated heterocycles. The molecule has 1 heterocycles. The van der Waals surface area contributed by atoms with Gasteiger partial charge in [0.2, 0.25) is 10.0 Å². The van der Waals surface area contributed by atoms with E-state index in [0.717, 1.165) is 12.7 Å². The van der Waals surface area contributed by atoms with Crippen LogP contribution in [0.25, 0.3) is 0 Å². The monoisotopic (exact) mass is 344 g/mol. The Morgan fingerprint density at radius 2 is 2.10 bits per heavy atom. The van der Waals surface area contributed by atoms with Gasteiger partial charge in [0.05, 0.1) is 28.7 Å². The summed E-state index contributed by atoms with van der Waals surface area (Å²) < 4.78 is 25.0. The third-order valence-corrected chi connectivity index (χ3v) is 4.82. The van der Waals surface area contributed by atoms with Crippen molar-refractivity contribution >= 4 is 44.3 Å². The first-order valence-corrected chi connectivity index (χ1v) is 9.61. The molecule has 0 fully saturated rings. The quantitative estimate of drug-likeness (QED) is 0.819. The molecule has 0 aliphatic carbocycles. The van der Waals surface area contributed by atoms with Gasteiger partial charge in [0, 0.05) is 4.88 Å². The number of hydrogen-bond acceptors (Lipinski definition) is 4. The Balaban J connectivity index is 2.24. The molecule has 1 aromatic heterocycles. The van der Waals surface area contributed by atoms with Crippen molar-refractivity contribution in [3.05, 3.63) is 45.6 Å². The van der Waals surface area contributed by atoms with Crippen LogP contribution >= 0.6 is 22.9 Å². The highest BCUT2D eigenvalue weighted by Crippen LogP contribution is 2.32. The SMILES string of the molecule is CCC(Nc1cc(NS(C)(=O)=O)ccc1Cl)c1cccs1. The minimum absolute atomic E-state index is 0.149. The Morgan fingerprint density at radius 1 is 1.33 bits per heavy atom. The van der Waals surface area contributed by atoms with Crippen LogP contribution in [0.2, 0.25) is 5.02 Å². The standard InChI is InChI=1S/C14H17ClN2O2S2/c1-3-12(14-5-4-8-20-14)16-13-9-10(6-7-11(13)15)17-21(2,18)19/h4-9,12,16-17H,3H2,1-2H3. The van der Waals surface area contributed by atoms with Crippen LogP contribution < -0.4 is 10.0 Å². The molecule has 0 amide bonds. The van der Waals surface area contributed by atoms with E-state index in [1.807, 2.05) is 11.4 Å². The maximum atomic E-state index is 11.3. The summed E-state index contributed by atoms with van der Waals surface area (Å²) in [4.78, 5) is 1.22. The van der Waals surface area contributed by atoms with Crippen LogP contribution in [0, 0.1) is 0 Å². The van der Waals surface area contributed by atoms with E-state index in [2.05, 4.69) is 23.0 Å². The molecule has 1 atom stereocenters. The van der Waals surface area contributed by atoms with Gasteiger partial charge in [-0.3, -0.25) is 4.72 Å². The summed E-state index contributed by atoms with van der Waals surface area (Å²) >= 11 is 7.87. The molecular formula is C14H17ClN2O2S2. The third-order valence-electron chi connectivity index (χ3n) is 2.89. The summed E-state index contributed by atoms with van der Waals surface area (Å²) in [6.45, 7) is 2.09. The van der Waals surface area contributed by atoms with Crippen LogP contribution in [-0.2, 0) is 10.0 Å². The zero-order valence-electron chi connectivity index (χ0n) is 11.8. The normalized spacial score (nSPS) is 12.9. The summed E-state index contributed by atoms with van der Waals surface area (Å²) in [5.41, 5.74) is 1.20. The lowest BCUT2D eigenvalue weighted by molar-refractivity contribution is 0.607. The summed E-state index contributed by atoms with van der Waals surface area (Å²) in [6, 6.07) is 9.25. The van der Waals surface area contributed by atoms with E-state index in [0.29, 0.717) is 16.4 Å². The molecule has 2 aromatic rings. The topological polar surface area (TPSA) is 58.2 Å². The summed E-state index contributed by atoms with van der Waals surface area (Å²) in [6.07, 6.45) is 2.02. The fraction of sp³-hybridized carbons (Fsp3) is 0.286. The molecular weight excluding hydrogens is 328 g/mol. The average molecular weight is 345 g/mol. The second-order valence-electron chi connectivity index (χ2n) is 4.69. The van der Waals surface area contributed by atoms with Gasteiger partial charge in [-0.1, -0.05) is 24.6 Å². The van der Waals surface area contributed by atoms with Gasteiger partial charge in [-0.15, -0.1) is 11.3 Å². The van der Waals surface area contributed by atoms with Crippen molar-refractivity contribution in [1.82, 2.24) is 0 Å². The van der Waals surface area contributed by atoms with Gasteiger partial charge in [-0.25, -0.2) is 8.42 Å². The van der Waals surface area contributed by atoms with E-state index in [1.165, 1.54) is 4.88 Å². The number of sulfonamides is 1. The second kappa shape index (κ2) is 6.68. The first-order chi connectivity index (χ1) is 9.89. The smallest absolute Gasteiger partial charge is 0.229 e. The maximum Gasteiger partial charge on any atom is 0.229 e. The summed E-state index contributed by atoms with van der Waals surface area (Å²) in [5.74, 6) is 0. The van der Waals surface area contributed by atoms with Crippen molar-refractivity contribution in [2.24, 2.45) is 0 Å². The highest BCUT2D eigenvalue weighted by atomic mass is 35.5. The molecule has 21 heavy (non-hydrogen) atoms. The van der Waals surface area contributed by atoms with Crippen LogP contribution in [0.1, 0.15) is 24.3 Å². The van der Waals surface area contributed by atoms with Crippen LogP contribution in [0.15, 0.2) is 35.7 Å². The maximum absolute atomic E-state index is 11.3. The fourth-order valence-electron chi connectivity index (χ4n) is 1.97. The zero-order chi connectivity index (χ0) is 15.5. The van der Waals surface area contributed by atoms with E-state index in [-0.39, 0.29) is 6.04 Å². The highest BCUT2D eigenvalue weighted by Gasteiger charge is 2.13. The van der Waals surface area contributed by atoms with Gasteiger partial charge >= 0.3 is 0 Å². The number of anilines is 2. The first-order valence-electron chi connectivity index (χ1n) is 6.46. The summed E-state index contributed by atoms with van der Waals surface area (Å²) in [7, 11) is -3.30. The van der Waals surface area contributed by atoms with Gasteiger partial charge in [0.15, 0.2) is 0 Å². The van der Waals surface area contributed by atoms with E-state index < -0.39 is 10.0 Å². The predicted molar refractivity (Wildman–Crippen MR) is 90.9 cm³/mol. The Morgan fingerprint density at radius 3 is 2.67 bits per heavy atom. The van der Waals surface area contributed by atoms with Crippen molar-refractivity contribution in [1.29, 1.82) is 0 Å². The van der Waals surface area contributed by atoms with E-state index >= 15 is 0 Å². The van der Waals surface area contributed by atoms with Gasteiger partial charge < -0.3 is 5.32 Å². The molecule has 2 N–H and O–H groups in total. The van der Waals surface area contributed by atoms with Gasteiger partial charge in [-0.05, 0) is 36.1 Å². The van der Waals surface area contributed by atoms with Crippen molar-refractivity contribution in [3.63, 3.8) is 0 Å².